The number of benzene rings is 1. The van der Waals surface area contributed by atoms with Gasteiger partial charge in [-0.15, -0.1) is 0 Å². The van der Waals surface area contributed by atoms with Crippen LogP contribution in [0.1, 0.15) is 10.9 Å². The summed E-state index contributed by atoms with van der Waals surface area (Å²) in [5.74, 6) is -0.585. The van der Waals surface area contributed by atoms with E-state index in [0.29, 0.717) is 5.03 Å². The molecule has 1 aliphatic heterocycles. The molecule has 1 aromatic carbocycles. The lowest BCUT2D eigenvalue weighted by atomic mass is 10.2. The van der Waals surface area contributed by atoms with E-state index >= 15 is 0 Å². The molecule has 1 unspecified atom stereocenters. The van der Waals surface area contributed by atoms with Gasteiger partial charge < -0.3 is 9.64 Å². The van der Waals surface area contributed by atoms with Crippen molar-refractivity contribution < 1.29 is 9.53 Å². The Hall–Kier alpha value is -1.93. The molecule has 2 rings (SSSR count). The predicted octanol–water partition coefficient (Wildman–Crippen LogP) is 2.27. The number of hydrogen-bond acceptors (Lipinski definition) is 5. The zero-order chi connectivity index (χ0) is 13.1. The third-order valence-corrected chi connectivity index (χ3v) is 4.22. The zero-order valence-corrected chi connectivity index (χ0v) is 10.9. The van der Waals surface area contributed by atoms with E-state index in [1.165, 1.54) is 18.9 Å². The summed E-state index contributed by atoms with van der Waals surface area (Å²) >= 11 is 1.49. The lowest BCUT2D eigenvalue weighted by Crippen LogP contribution is -2.32. The largest absolute Gasteiger partial charge is 0.465 e. The zero-order valence-electron chi connectivity index (χ0n) is 10.1. The van der Waals surface area contributed by atoms with E-state index in [4.69, 9.17) is 5.26 Å². The van der Waals surface area contributed by atoms with Crippen LogP contribution in [0.4, 0.5) is 0 Å². The molecule has 0 amide bonds. The Morgan fingerprint density at radius 1 is 1.44 bits per heavy atom. The average Bonchev–Trinajstić information content (AvgIpc) is 2.42. The second-order valence-corrected chi connectivity index (χ2v) is 4.84. The first kappa shape index (κ1) is 12.5. The van der Waals surface area contributed by atoms with Crippen LogP contribution < -0.4 is 0 Å². The van der Waals surface area contributed by atoms with Crippen molar-refractivity contribution in [3.8, 4) is 6.07 Å². The molecule has 1 fully saturated rings. The number of methoxy groups -OCH3 is 1. The number of hydrogen-bond donors (Lipinski definition) is 0. The van der Waals surface area contributed by atoms with Gasteiger partial charge in [-0.05, 0) is 5.56 Å². The maximum absolute atomic E-state index is 11.4. The summed E-state index contributed by atoms with van der Waals surface area (Å²) in [7, 11) is 3.14. The van der Waals surface area contributed by atoms with Gasteiger partial charge in [-0.1, -0.05) is 42.1 Å². The van der Waals surface area contributed by atoms with Crippen LogP contribution in [0.3, 0.4) is 0 Å². The van der Waals surface area contributed by atoms with Gasteiger partial charge in [0.05, 0.1) is 12.1 Å². The third-order valence-electron chi connectivity index (χ3n) is 2.70. The van der Waals surface area contributed by atoms with E-state index in [0.717, 1.165) is 5.56 Å². The second-order valence-electron chi connectivity index (χ2n) is 3.78. The third kappa shape index (κ3) is 2.07. The molecule has 1 aliphatic rings. The van der Waals surface area contributed by atoms with Gasteiger partial charge in [-0.3, -0.25) is 0 Å². The Labute approximate surface area is 110 Å². The van der Waals surface area contributed by atoms with Crippen molar-refractivity contribution in [1.29, 1.82) is 5.26 Å². The van der Waals surface area contributed by atoms with Crippen LogP contribution in [-0.2, 0) is 9.53 Å². The van der Waals surface area contributed by atoms with Crippen molar-refractivity contribution in [3.05, 3.63) is 46.5 Å². The number of nitriles is 1. The average molecular weight is 260 g/mol. The molecule has 0 aliphatic carbocycles. The molecule has 1 heterocycles. The number of thioether (sulfide) groups is 1. The molecule has 0 bridgehead atoms. The van der Waals surface area contributed by atoms with Gasteiger partial charge in [0, 0.05) is 7.05 Å². The molecule has 1 aromatic rings. The van der Waals surface area contributed by atoms with Gasteiger partial charge in [0.25, 0.3) is 0 Å². The van der Waals surface area contributed by atoms with Gasteiger partial charge >= 0.3 is 5.97 Å². The molecule has 1 saturated heterocycles. The number of carbonyl (C=O) groups is 1. The maximum Gasteiger partial charge on any atom is 0.351 e. The van der Waals surface area contributed by atoms with E-state index in [2.05, 4.69) is 4.74 Å². The van der Waals surface area contributed by atoms with E-state index in [9.17, 15) is 4.79 Å². The molecule has 0 spiro atoms. The van der Waals surface area contributed by atoms with Crippen molar-refractivity contribution in [2.45, 2.75) is 5.37 Å². The molecule has 0 saturated carbocycles. The minimum absolute atomic E-state index is 0.0668. The Morgan fingerprint density at radius 2 is 2.11 bits per heavy atom. The number of esters is 1. The molecular formula is C13H12N2O2S. The van der Waals surface area contributed by atoms with Crippen molar-refractivity contribution >= 4 is 17.7 Å². The van der Waals surface area contributed by atoms with Crippen molar-refractivity contribution in [2.75, 3.05) is 14.2 Å². The first-order chi connectivity index (χ1) is 8.69. The van der Waals surface area contributed by atoms with Crippen LogP contribution in [0.25, 0.3) is 0 Å². The SMILES string of the molecule is COC(=O)/C(C#N)=C1/SC(c2ccccc2)N1C. The van der Waals surface area contributed by atoms with Gasteiger partial charge in [0.2, 0.25) is 0 Å². The molecule has 0 aromatic heterocycles. The first-order valence-corrected chi connectivity index (χ1v) is 6.24. The first-order valence-electron chi connectivity index (χ1n) is 5.36. The Morgan fingerprint density at radius 3 is 2.61 bits per heavy atom. The minimum atomic E-state index is -0.585. The normalized spacial score (nSPS) is 20.7. The summed E-state index contributed by atoms with van der Waals surface area (Å²) in [4.78, 5) is 13.3. The van der Waals surface area contributed by atoms with Gasteiger partial charge in [-0.25, -0.2) is 4.79 Å². The smallest absolute Gasteiger partial charge is 0.351 e. The van der Waals surface area contributed by atoms with E-state index in [1.807, 2.05) is 48.3 Å². The number of carbonyl (C=O) groups excluding carboxylic acids is 1. The molecule has 4 nitrogen and oxygen atoms in total. The summed E-state index contributed by atoms with van der Waals surface area (Å²) < 4.78 is 4.59. The quantitative estimate of drug-likeness (QED) is 0.464. The van der Waals surface area contributed by atoms with Crippen LogP contribution in [0.2, 0.25) is 0 Å². The molecule has 0 N–H and O–H groups in total. The molecule has 0 radical (unpaired) electrons. The van der Waals surface area contributed by atoms with E-state index in [1.54, 1.807) is 0 Å². The predicted molar refractivity (Wildman–Crippen MR) is 69.2 cm³/mol. The van der Waals surface area contributed by atoms with Crippen LogP contribution in [0.5, 0.6) is 0 Å². The second kappa shape index (κ2) is 5.15. The summed E-state index contributed by atoms with van der Waals surface area (Å²) in [5, 5.41) is 9.80. The van der Waals surface area contributed by atoms with Crippen molar-refractivity contribution in [1.82, 2.24) is 4.90 Å². The molecular weight excluding hydrogens is 248 g/mol. The van der Waals surface area contributed by atoms with Crippen LogP contribution in [0, 0.1) is 11.3 Å². The fourth-order valence-electron chi connectivity index (χ4n) is 1.75. The fraction of sp³-hybridized carbons (Fsp3) is 0.231. The molecule has 5 heteroatoms. The van der Waals surface area contributed by atoms with Crippen molar-refractivity contribution in [2.24, 2.45) is 0 Å². The number of rotatable bonds is 2. The van der Waals surface area contributed by atoms with Crippen LogP contribution in [0.15, 0.2) is 40.9 Å². The molecule has 18 heavy (non-hydrogen) atoms. The van der Waals surface area contributed by atoms with E-state index in [-0.39, 0.29) is 10.9 Å². The highest BCUT2D eigenvalue weighted by Crippen LogP contribution is 2.51. The summed E-state index contributed by atoms with van der Waals surface area (Å²) in [6.45, 7) is 0. The van der Waals surface area contributed by atoms with Gasteiger partial charge in [0.15, 0.2) is 5.57 Å². The monoisotopic (exact) mass is 260 g/mol. The number of nitrogens with zero attached hydrogens (tertiary/aromatic N) is 2. The number of ether oxygens (including phenoxy) is 1. The molecule has 92 valence electrons. The standard InChI is InChI=1S/C13H12N2O2S/c1-15-11(9-6-4-3-5-7-9)18-12(15)10(8-14)13(16)17-2/h3-7,11H,1-2H3/b12-10+. The summed E-state index contributed by atoms with van der Waals surface area (Å²) in [5.41, 5.74) is 1.22. The highest BCUT2D eigenvalue weighted by Gasteiger charge is 2.36. The topological polar surface area (TPSA) is 53.3 Å². The minimum Gasteiger partial charge on any atom is -0.465 e. The molecule has 1 atom stereocenters. The maximum atomic E-state index is 11.4. The highest BCUT2D eigenvalue weighted by molar-refractivity contribution is 8.04. The van der Waals surface area contributed by atoms with E-state index < -0.39 is 5.97 Å². The Balaban J connectivity index is 2.22. The highest BCUT2D eigenvalue weighted by atomic mass is 32.2. The fourth-order valence-corrected chi connectivity index (χ4v) is 2.88. The lowest BCUT2D eigenvalue weighted by Gasteiger charge is -2.41. The lowest BCUT2D eigenvalue weighted by molar-refractivity contribution is -0.135. The Bertz CT molecular complexity index is 534. The van der Waals surface area contributed by atoms with Crippen LogP contribution >= 0.6 is 11.8 Å². The van der Waals surface area contributed by atoms with Gasteiger partial charge in [-0.2, -0.15) is 5.26 Å². The van der Waals surface area contributed by atoms with Crippen LogP contribution in [-0.4, -0.2) is 25.0 Å². The summed E-state index contributed by atoms with van der Waals surface area (Å²) in [6.07, 6.45) is 0. The Kier molecular flexibility index (Phi) is 3.58. The van der Waals surface area contributed by atoms with Crippen molar-refractivity contribution in [3.63, 3.8) is 0 Å². The van der Waals surface area contributed by atoms with Gasteiger partial charge in [0.1, 0.15) is 11.4 Å². The summed E-state index contributed by atoms with van der Waals surface area (Å²) in [6, 6.07) is 11.8.